The SMILES string of the molecule is Nc1ccc(CC2CC[C@H]([C@H](O)c3cncc(Cl)c3)C2)cc1. The number of nitrogens with two attached hydrogens (primary N) is 1. The molecule has 0 spiro atoms. The number of nitrogen functional groups attached to an aromatic ring is 1. The van der Waals surface area contributed by atoms with Crippen LogP contribution in [0.2, 0.25) is 5.02 Å². The minimum absolute atomic E-state index is 0.291. The van der Waals surface area contributed by atoms with E-state index >= 15 is 0 Å². The smallest absolute Gasteiger partial charge is 0.0833 e. The average molecular weight is 317 g/mol. The topological polar surface area (TPSA) is 59.1 Å². The molecule has 0 saturated heterocycles. The number of rotatable bonds is 4. The van der Waals surface area contributed by atoms with Gasteiger partial charge < -0.3 is 10.8 Å². The average Bonchev–Trinajstić information content (AvgIpc) is 2.97. The third-order valence-corrected chi connectivity index (χ3v) is 4.81. The molecule has 0 aliphatic heterocycles. The zero-order chi connectivity index (χ0) is 15.5. The summed E-state index contributed by atoms with van der Waals surface area (Å²) >= 11 is 5.96. The highest BCUT2D eigenvalue weighted by Gasteiger charge is 2.30. The van der Waals surface area contributed by atoms with E-state index in [0.717, 1.165) is 36.9 Å². The van der Waals surface area contributed by atoms with Gasteiger partial charge in [0.25, 0.3) is 0 Å². The Kier molecular flexibility index (Phi) is 4.65. The van der Waals surface area contributed by atoms with Gasteiger partial charge in [0.05, 0.1) is 11.1 Å². The highest BCUT2D eigenvalue weighted by atomic mass is 35.5. The summed E-state index contributed by atoms with van der Waals surface area (Å²) in [6, 6.07) is 9.91. The first-order valence-electron chi connectivity index (χ1n) is 7.75. The van der Waals surface area contributed by atoms with Crippen LogP contribution < -0.4 is 5.73 Å². The number of aromatic nitrogens is 1. The maximum atomic E-state index is 10.5. The molecule has 1 fully saturated rings. The molecule has 0 radical (unpaired) electrons. The molecular weight excluding hydrogens is 296 g/mol. The minimum Gasteiger partial charge on any atom is -0.399 e. The van der Waals surface area contributed by atoms with Crippen LogP contribution in [0.15, 0.2) is 42.7 Å². The predicted octanol–water partition coefficient (Wildman–Crippen LogP) is 4.01. The van der Waals surface area contributed by atoms with Crippen LogP contribution in [0.1, 0.15) is 36.5 Å². The fourth-order valence-corrected chi connectivity index (χ4v) is 3.62. The van der Waals surface area contributed by atoms with E-state index in [2.05, 4.69) is 17.1 Å². The summed E-state index contributed by atoms with van der Waals surface area (Å²) in [6.07, 6.45) is 7.13. The third kappa shape index (κ3) is 3.60. The van der Waals surface area contributed by atoms with E-state index in [1.807, 2.05) is 18.2 Å². The van der Waals surface area contributed by atoms with E-state index in [4.69, 9.17) is 17.3 Å². The summed E-state index contributed by atoms with van der Waals surface area (Å²) in [4.78, 5) is 4.07. The second kappa shape index (κ2) is 6.67. The molecule has 0 bridgehead atoms. The van der Waals surface area contributed by atoms with Gasteiger partial charge in [-0.2, -0.15) is 0 Å². The Bertz CT molecular complexity index is 629. The molecule has 1 aliphatic carbocycles. The monoisotopic (exact) mass is 316 g/mol. The molecule has 1 unspecified atom stereocenters. The van der Waals surface area contributed by atoms with Crippen molar-refractivity contribution in [3.63, 3.8) is 0 Å². The van der Waals surface area contributed by atoms with Crippen LogP contribution in [0.25, 0.3) is 0 Å². The normalized spacial score (nSPS) is 22.6. The molecule has 116 valence electrons. The standard InChI is InChI=1S/C18H21ClN2O/c19-16-9-15(10-21-11-16)18(22)14-4-1-13(8-14)7-12-2-5-17(20)6-3-12/h2-3,5-6,9-11,13-14,18,22H,1,4,7-8,20H2/t13?,14-,18-/m0/s1. The van der Waals surface area contributed by atoms with Crippen molar-refractivity contribution in [2.24, 2.45) is 11.8 Å². The summed E-state index contributed by atoms with van der Waals surface area (Å²) in [6.45, 7) is 0. The van der Waals surface area contributed by atoms with Gasteiger partial charge in [-0.05, 0) is 61.3 Å². The van der Waals surface area contributed by atoms with Crippen molar-refractivity contribution in [3.05, 3.63) is 58.9 Å². The molecule has 3 nitrogen and oxygen atoms in total. The van der Waals surface area contributed by atoms with Crippen LogP contribution in [0.3, 0.4) is 0 Å². The summed E-state index contributed by atoms with van der Waals surface area (Å²) in [7, 11) is 0. The van der Waals surface area contributed by atoms with Gasteiger partial charge in [-0.25, -0.2) is 0 Å². The fourth-order valence-electron chi connectivity index (χ4n) is 3.44. The summed E-state index contributed by atoms with van der Waals surface area (Å²) in [5, 5.41) is 11.1. The Morgan fingerprint density at radius 2 is 2.00 bits per heavy atom. The highest BCUT2D eigenvalue weighted by molar-refractivity contribution is 6.30. The molecule has 1 aromatic heterocycles. The Hall–Kier alpha value is -1.58. The van der Waals surface area contributed by atoms with Crippen LogP contribution in [0.4, 0.5) is 5.69 Å². The molecule has 2 aromatic rings. The van der Waals surface area contributed by atoms with Crippen LogP contribution in [-0.4, -0.2) is 10.1 Å². The molecule has 3 rings (SSSR count). The number of aliphatic hydroxyl groups excluding tert-OH is 1. The number of hydrogen-bond donors (Lipinski definition) is 2. The largest absolute Gasteiger partial charge is 0.399 e. The van der Waals surface area contributed by atoms with Crippen LogP contribution >= 0.6 is 11.6 Å². The molecule has 3 N–H and O–H groups in total. The lowest BCUT2D eigenvalue weighted by molar-refractivity contribution is 0.109. The van der Waals surface area contributed by atoms with Crippen molar-refractivity contribution < 1.29 is 5.11 Å². The Labute approximate surface area is 136 Å². The number of aliphatic hydroxyl groups is 1. The number of hydrogen-bond acceptors (Lipinski definition) is 3. The van der Waals surface area contributed by atoms with Crippen molar-refractivity contribution in [1.82, 2.24) is 4.98 Å². The lowest BCUT2D eigenvalue weighted by atomic mass is 9.92. The first kappa shape index (κ1) is 15.3. The molecule has 22 heavy (non-hydrogen) atoms. The van der Waals surface area contributed by atoms with E-state index in [1.54, 1.807) is 12.4 Å². The predicted molar refractivity (Wildman–Crippen MR) is 89.6 cm³/mol. The van der Waals surface area contributed by atoms with E-state index in [9.17, 15) is 5.11 Å². The first-order chi connectivity index (χ1) is 10.6. The quantitative estimate of drug-likeness (QED) is 0.838. The Balaban J connectivity index is 1.61. The van der Waals surface area contributed by atoms with Gasteiger partial charge in [-0.15, -0.1) is 0 Å². The molecule has 3 atom stereocenters. The molecule has 1 aromatic carbocycles. The third-order valence-electron chi connectivity index (χ3n) is 4.60. The second-order valence-electron chi connectivity index (χ2n) is 6.27. The maximum Gasteiger partial charge on any atom is 0.0833 e. The second-order valence-corrected chi connectivity index (χ2v) is 6.70. The zero-order valence-electron chi connectivity index (χ0n) is 12.5. The lowest BCUT2D eigenvalue weighted by Crippen LogP contribution is -2.10. The number of benzene rings is 1. The number of anilines is 1. The van der Waals surface area contributed by atoms with Gasteiger partial charge in [0.15, 0.2) is 0 Å². The van der Waals surface area contributed by atoms with Gasteiger partial charge in [0.1, 0.15) is 0 Å². The van der Waals surface area contributed by atoms with Gasteiger partial charge in [0.2, 0.25) is 0 Å². The van der Waals surface area contributed by atoms with Gasteiger partial charge >= 0.3 is 0 Å². The fraction of sp³-hybridized carbons (Fsp3) is 0.389. The van der Waals surface area contributed by atoms with Crippen LogP contribution in [0.5, 0.6) is 0 Å². The molecular formula is C18H21ClN2O. The van der Waals surface area contributed by atoms with Crippen molar-refractivity contribution >= 4 is 17.3 Å². The summed E-state index contributed by atoms with van der Waals surface area (Å²) < 4.78 is 0. The van der Waals surface area contributed by atoms with E-state index in [1.165, 1.54) is 5.56 Å². The Morgan fingerprint density at radius 3 is 2.73 bits per heavy atom. The summed E-state index contributed by atoms with van der Waals surface area (Å²) in [5.74, 6) is 0.912. The summed E-state index contributed by atoms with van der Waals surface area (Å²) in [5.41, 5.74) is 8.67. The Morgan fingerprint density at radius 1 is 1.23 bits per heavy atom. The number of halogens is 1. The van der Waals surface area contributed by atoms with Crippen LogP contribution in [-0.2, 0) is 6.42 Å². The van der Waals surface area contributed by atoms with E-state index < -0.39 is 6.10 Å². The van der Waals surface area contributed by atoms with Crippen molar-refractivity contribution in [2.75, 3.05) is 5.73 Å². The van der Waals surface area contributed by atoms with Crippen molar-refractivity contribution in [2.45, 2.75) is 31.8 Å². The molecule has 1 saturated carbocycles. The van der Waals surface area contributed by atoms with Gasteiger partial charge in [-0.1, -0.05) is 23.7 Å². The minimum atomic E-state index is -0.470. The molecule has 4 heteroatoms. The molecule has 1 aliphatic rings. The van der Waals surface area contributed by atoms with Gasteiger partial charge in [-0.3, -0.25) is 4.98 Å². The zero-order valence-corrected chi connectivity index (χ0v) is 13.2. The first-order valence-corrected chi connectivity index (χ1v) is 8.12. The van der Waals surface area contributed by atoms with Crippen molar-refractivity contribution in [3.8, 4) is 0 Å². The van der Waals surface area contributed by atoms with E-state index in [-0.39, 0.29) is 0 Å². The number of nitrogens with zero attached hydrogens (tertiary/aromatic N) is 1. The van der Waals surface area contributed by atoms with E-state index in [0.29, 0.717) is 16.9 Å². The maximum absolute atomic E-state index is 10.5. The van der Waals surface area contributed by atoms with Gasteiger partial charge in [0, 0.05) is 23.6 Å². The molecule has 1 heterocycles. The highest BCUT2D eigenvalue weighted by Crippen LogP contribution is 2.40. The van der Waals surface area contributed by atoms with Crippen molar-refractivity contribution in [1.29, 1.82) is 0 Å². The lowest BCUT2D eigenvalue weighted by Gasteiger charge is -2.18. The van der Waals surface area contributed by atoms with Crippen LogP contribution in [0, 0.1) is 11.8 Å². The number of pyridine rings is 1. The molecule has 0 amide bonds.